The fourth-order valence-corrected chi connectivity index (χ4v) is 1.78. The van der Waals surface area contributed by atoms with Crippen LogP contribution in [-0.4, -0.2) is 19.8 Å². The van der Waals surface area contributed by atoms with Crippen molar-refractivity contribution in [3.05, 3.63) is 35.4 Å². The van der Waals surface area contributed by atoms with Gasteiger partial charge in [-0.1, -0.05) is 38.1 Å². The molecule has 0 aliphatic carbocycles. The van der Waals surface area contributed by atoms with Crippen LogP contribution in [0.3, 0.4) is 0 Å². The Kier molecular flexibility index (Phi) is 6.90. The van der Waals surface area contributed by atoms with E-state index < -0.39 is 0 Å². The second-order valence-electron chi connectivity index (χ2n) is 4.73. The molecule has 1 aromatic carbocycles. The maximum atomic E-state index is 5.31. The van der Waals surface area contributed by atoms with E-state index in [0.29, 0.717) is 5.92 Å². The van der Waals surface area contributed by atoms with E-state index in [-0.39, 0.29) is 0 Å². The number of quaternary nitrogens is 1. The van der Waals surface area contributed by atoms with Crippen LogP contribution in [0.25, 0.3) is 0 Å². The predicted molar refractivity (Wildman–Crippen MR) is 72.1 cm³/mol. The molecule has 17 heavy (non-hydrogen) atoms. The highest BCUT2D eigenvalue weighted by molar-refractivity contribution is 5.23. The Morgan fingerprint density at radius 3 is 2.47 bits per heavy atom. The van der Waals surface area contributed by atoms with E-state index in [9.17, 15) is 0 Å². The molecule has 0 unspecified atom stereocenters. The van der Waals surface area contributed by atoms with Crippen molar-refractivity contribution in [2.24, 2.45) is 0 Å². The molecule has 2 heteroatoms. The molecule has 2 nitrogen and oxygen atoms in total. The third-order valence-corrected chi connectivity index (χ3v) is 2.93. The van der Waals surface area contributed by atoms with Gasteiger partial charge in [0.15, 0.2) is 0 Å². The van der Waals surface area contributed by atoms with Gasteiger partial charge < -0.3 is 10.1 Å². The first-order valence-corrected chi connectivity index (χ1v) is 6.72. The average Bonchev–Trinajstić information content (AvgIpc) is 2.34. The van der Waals surface area contributed by atoms with Gasteiger partial charge in [-0.25, -0.2) is 0 Å². The molecule has 0 bridgehead atoms. The van der Waals surface area contributed by atoms with Crippen LogP contribution in [0.15, 0.2) is 24.3 Å². The average molecular weight is 236 g/mol. The van der Waals surface area contributed by atoms with Gasteiger partial charge in [0.25, 0.3) is 0 Å². The number of nitrogens with two attached hydrogens (primary N) is 1. The fourth-order valence-electron chi connectivity index (χ4n) is 1.78. The van der Waals surface area contributed by atoms with Crippen LogP contribution in [0.2, 0.25) is 0 Å². The number of hydrogen-bond donors (Lipinski definition) is 1. The van der Waals surface area contributed by atoms with Gasteiger partial charge in [0.05, 0.1) is 13.2 Å². The summed E-state index contributed by atoms with van der Waals surface area (Å²) in [5, 5.41) is 2.35. The van der Waals surface area contributed by atoms with Gasteiger partial charge in [-0.3, -0.25) is 0 Å². The first kappa shape index (κ1) is 14.2. The van der Waals surface area contributed by atoms with Crippen molar-refractivity contribution in [3.8, 4) is 0 Å². The number of ether oxygens (including phenoxy) is 1. The zero-order valence-electron chi connectivity index (χ0n) is 11.4. The molecule has 0 aliphatic heterocycles. The molecule has 96 valence electrons. The summed E-state index contributed by atoms with van der Waals surface area (Å²) < 4.78 is 5.31. The van der Waals surface area contributed by atoms with Gasteiger partial charge in [-0.15, -0.1) is 0 Å². The Labute approximate surface area is 105 Å². The largest absolute Gasteiger partial charge is 0.382 e. The van der Waals surface area contributed by atoms with E-state index in [4.69, 9.17) is 4.74 Å². The van der Waals surface area contributed by atoms with Gasteiger partial charge in [0.1, 0.15) is 6.54 Å². The molecule has 2 N–H and O–H groups in total. The standard InChI is InChI=1S/C15H25NO/c1-4-17-11-5-10-16-12-14-6-8-15(9-7-14)13(2)3/h6-9,13,16H,4-5,10-12H2,1-3H3/p+1. The normalized spacial score (nSPS) is 11.1. The Bertz CT molecular complexity index is 292. The summed E-state index contributed by atoms with van der Waals surface area (Å²) in [5.41, 5.74) is 2.83. The molecule has 0 spiro atoms. The highest BCUT2D eigenvalue weighted by Gasteiger charge is 2.00. The van der Waals surface area contributed by atoms with Crippen LogP contribution in [0.4, 0.5) is 0 Å². The Balaban J connectivity index is 2.19. The first-order chi connectivity index (χ1) is 8.24. The molecule has 1 aromatic rings. The van der Waals surface area contributed by atoms with E-state index in [1.54, 1.807) is 0 Å². The van der Waals surface area contributed by atoms with E-state index >= 15 is 0 Å². The Morgan fingerprint density at radius 2 is 1.88 bits per heavy atom. The summed E-state index contributed by atoms with van der Waals surface area (Å²) in [7, 11) is 0. The molecule has 0 aliphatic rings. The molecule has 0 fully saturated rings. The monoisotopic (exact) mass is 236 g/mol. The van der Waals surface area contributed by atoms with Gasteiger partial charge in [0, 0.05) is 18.6 Å². The number of rotatable bonds is 8. The van der Waals surface area contributed by atoms with Crippen LogP contribution in [0, 0.1) is 0 Å². The minimum atomic E-state index is 0.624. The van der Waals surface area contributed by atoms with Crippen LogP contribution in [-0.2, 0) is 11.3 Å². The molecule has 0 saturated carbocycles. The van der Waals surface area contributed by atoms with E-state index in [1.165, 1.54) is 11.1 Å². The SMILES string of the molecule is CCOCCC[NH2+]Cc1ccc(C(C)C)cc1. The smallest absolute Gasteiger partial charge is 0.101 e. The summed E-state index contributed by atoms with van der Waals surface area (Å²) in [5.74, 6) is 0.624. The lowest BCUT2D eigenvalue weighted by molar-refractivity contribution is -0.671. The summed E-state index contributed by atoms with van der Waals surface area (Å²) in [4.78, 5) is 0. The predicted octanol–water partition coefficient (Wildman–Crippen LogP) is 2.30. The maximum absolute atomic E-state index is 5.31. The molecule has 1 rings (SSSR count). The highest BCUT2D eigenvalue weighted by atomic mass is 16.5. The fraction of sp³-hybridized carbons (Fsp3) is 0.600. The van der Waals surface area contributed by atoms with Crippen molar-refractivity contribution in [3.63, 3.8) is 0 Å². The summed E-state index contributed by atoms with van der Waals surface area (Å²) in [6, 6.07) is 8.98. The van der Waals surface area contributed by atoms with Gasteiger partial charge >= 0.3 is 0 Å². The minimum Gasteiger partial charge on any atom is -0.382 e. The van der Waals surface area contributed by atoms with Gasteiger partial charge in [-0.05, 0) is 18.4 Å². The highest BCUT2D eigenvalue weighted by Crippen LogP contribution is 2.13. The van der Waals surface area contributed by atoms with Crippen molar-refractivity contribution >= 4 is 0 Å². The van der Waals surface area contributed by atoms with Crippen molar-refractivity contribution in [1.82, 2.24) is 0 Å². The summed E-state index contributed by atoms with van der Waals surface area (Å²) in [6.07, 6.45) is 1.14. The second-order valence-corrected chi connectivity index (χ2v) is 4.73. The maximum Gasteiger partial charge on any atom is 0.101 e. The molecule has 0 atom stereocenters. The number of benzene rings is 1. The van der Waals surface area contributed by atoms with Crippen molar-refractivity contribution in [2.75, 3.05) is 19.8 Å². The molecule has 0 aromatic heterocycles. The third kappa shape index (κ3) is 5.85. The summed E-state index contributed by atoms with van der Waals surface area (Å²) >= 11 is 0. The Morgan fingerprint density at radius 1 is 1.18 bits per heavy atom. The lowest BCUT2D eigenvalue weighted by atomic mass is 10.0. The van der Waals surface area contributed by atoms with E-state index in [0.717, 1.165) is 32.7 Å². The van der Waals surface area contributed by atoms with Gasteiger partial charge in [0.2, 0.25) is 0 Å². The molecule has 0 heterocycles. The Hall–Kier alpha value is -0.860. The van der Waals surface area contributed by atoms with Crippen molar-refractivity contribution < 1.29 is 10.1 Å². The van der Waals surface area contributed by atoms with Crippen LogP contribution >= 0.6 is 0 Å². The minimum absolute atomic E-state index is 0.624. The molecule has 0 amide bonds. The molecular weight excluding hydrogens is 210 g/mol. The molecule has 0 saturated heterocycles. The second kappa shape index (κ2) is 8.26. The van der Waals surface area contributed by atoms with Gasteiger partial charge in [-0.2, -0.15) is 0 Å². The van der Waals surface area contributed by atoms with Crippen molar-refractivity contribution in [1.29, 1.82) is 0 Å². The molecule has 0 radical (unpaired) electrons. The van der Waals surface area contributed by atoms with Crippen LogP contribution in [0.1, 0.15) is 44.2 Å². The van der Waals surface area contributed by atoms with E-state index in [1.807, 2.05) is 6.92 Å². The first-order valence-electron chi connectivity index (χ1n) is 6.72. The summed E-state index contributed by atoms with van der Waals surface area (Å²) in [6.45, 7) is 10.4. The quantitative estimate of drug-likeness (QED) is 0.689. The lowest BCUT2D eigenvalue weighted by Crippen LogP contribution is -2.82. The van der Waals surface area contributed by atoms with Crippen LogP contribution in [0.5, 0.6) is 0 Å². The number of hydrogen-bond acceptors (Lipinski definition) is 1. The topological polar surface area (TPSA) is 25.8 Å². The third-order valence-electron chi connectivity index (χ3n) is 2.93. The van der Waals surface area contributed by atoms with Crippen LogP contribution < -0.4 is 5.32 Å². The van der Waals surface area contributed by atoms with Crippen molar-refractivity contribution in [2.45, 2.75) is 39.7 Å². The lowest BCUT2D eigenvalue weighted by Gasteiger charge is -2.06. The molecular formula is C15H26NO+. The van der Waals surface area contributed by atoms with E-state index in [2.05, 4.69) is 43.4 Å². The zero-order valence-corrected chi connectivity index (χ0v) is 11.4. The zero-order chi connectivity index (χ0) is 12.5.